The first-order valence-corrected chi connectivity index (χ1v) is 6.70. The van der Waals surface area contributed by atoms with Gasteiger partial charge in [0.2, 0.25) is 5.91 Å². The van der Waals surface area contributed by atoms with E-state index in [0.29, 0.717) is 12.3 Å². The van der Waals surface area contributed by atoms with Gasteiger partial charge in [-0.2, -0.15) is 0 Å². The predicted octanol–water partition coefficient (Wildman–Crippen LogP) is 1.32. The molecule has 2 aliphatic rings. The second-order valence-corrected chi connectivity index (χ2v) is 5.51. The van der Waals surface area contributed by atoms with Crippen molar-refractivity contribution < 1.29 is 19.4 Å². The zero-order valence-corrected chi connectivity index (χ0v) is 10.6. The molecule has 102 valence electrons. The van der Waals surface area contributed by atoms with Crippen LogP contribution < -0.4 is 5.32 Å². The Balaban J connectivity index is 1.80. The van der Waals surface area contributed by atoms with Crippen LogP contribution in [0.2, 0.25) is 0 Å². The Kier molecular flexibility index (Phi) is 4.22. The average Bonchev–Trinajstić information content (AvgIpc) is 2.26. The molecule has 2 rings (SSSR count). The number of ether oxygens (including phenoxy) is 1. The second-order valence-electron chi connectivity index (χ2n) is 5.51. The van der Waals surface area contributed by atoms with Crippen LogP contribution in [-0.2, 0) is 14.3 Å². The Morgan fingerprint density at radius 2 is 1.94 bits per heavy atom. The van der Waals surface area contributed by atoms with Crippen molar-refractivity contribution in [3.8, 4) is 0 Å². The number of carboxylic acid groups (broad SMARTS) is 1. The number of carbonyl (C=O) groups is 2. The number of aliphatic carboxylic acids is 1. The zero-order chi connectivity index (χ0) is 13.0. The lowest BCUT2D eigenvalue weighted by atomic mass is 9.74. The lowest BCUT2D eigenvalue weighted by molar-refractivity contribution is -0.140. The summed E-state index contributed by atoms with van der Waals surface area (Å²) in [6.07, 6.45) is 5.00. The summed E-state index contributed by atoms with van der Waals surface area (Å²) < 4.78 is 5.26. The van der Waals surface area contributed by atoms with Crippen molar-refractivity contribution in [1.82, 2.24) is 5.32 Å². The molecule has 5 nitrogen and oxygen atoms in total. The van der Waals surface area contributed by atoms with Crippen LogP contribution in [0.3, 0.4) is 0 Å². The van der Waals surface area contributed by atoms with E-state index in [-0.39, 0.29) is 12.3 Å². The van der Waals surface area contributed by atoms with Crippen LogP contribution in [0.4, 0.5) is 0 Å². The SMILES string of the molecule is O=C(O)CC1(NC(=O)CC2CCOCC2)CCC1. The zero-order valence-electron chi connectivity index (χ0n) is 10.6. The molecule has 5 heteroatoms. The molecule has 1 aliphatic carbocycles. The van der Waals surface area contributed by atoms with Crippen molar-refractivity contribution >= 4 is 11.9 Å². The van der Waals surface area contributed by atoms with Gasteiger partial charge in [-0.1, -0.05) is 0 Å². The molecule has 0 radical (unpaired) electrons. The second kappa shape index (κ2) is 5.69. The molecule has 1 saturated carbocycles. The van der Waals surface area contributed by atoms with E-state index in [0.717, 1.165) is 45.3 Å². The van der Waals surface area contributed by atoms with E-state index in [4.69, 9.17) is 9.84 Å². The molecule has 2 fully saturated rings. The van der Waals surface area contributed by atoms with Gasteiger partial charge in [0.15, 0.2) is 0 Å². The highest BCUT2D eigenvalue weighted by atomic mass is 16.5. The number of hydrogen-bond donors (Lipinski definition) is 2. The molecular formula is C13H21NO4. The van der Waals surface area contributed by atoms with E-state index in [2.05, 4.69) is 5.32 Å². The van der Waals surface area contributed by atoms with Gasteiger partial charge in [-0.25, -0.2) is 0 Å². The normalized spacial score (nSPS) is 23.1. The minimum Gasteiger partial charge on any atom is -0.481 e. The standard InChI is InChI=1S/C13H21NO4/c15-11(8-10-2-6-18-7-3-10)14-13(4-1-5-13)9-12(16)17/h10H,1-9H2,(H,14,15)(H,16,17). The summed E-state index contributed by atoms with van der Waals surface area (Å²) in [5, 5.41) is 11.8. The van der Waals surface area contributed by atoms with E-state index in [9.17, 15) is 9.59 Å². The van der Waals surface area contributed by atoms with Crippen LogP contribution in [0.5, 0.6) is 0 Å². The van der Waals surface area contributed by atoms with Gasteiger partial charge in [-0.3, -0.25) is 9.59 Å². The highest BCUT2D eigenvalue weighted by molar-refractivity contribution is 5.78. The first-order valence-electron chi connectivity index (χ1n) is 6.70. The third-order valence-electron chi connectivity index (χ3n) is 4.02. The largest absolute Gasteiger partial charge is 0.481 e. The van der Waals surface area contributed by atoms with Crippen LogP contribution >= 0.6 is 0 Å². The van der Waals surface area contributed by atoms with Gasteiger partial charge in [0.05, 0.1) is 12.0 Å². The van der Waals surface area contributed by atoms with E-state index >= 15 is 0 Å². The summed E-state index contributed by atoms with van der Waals surface area (Å²) in [6, 6.07) is 0. The van der Waals surface area contributed by atoms with Crippen LogP contribution in [0, 0.1) is 5.92 Å². The molecule has 18 heavy (non-hydrogen) atoms. The first-order chi connectivity index (χ1) is 8.60. The smallest absolute Gasteiger partial charge is 0.305 e. The molecule has 2 N–H and O–H groups in total. The van der Waals surface area contributed by atoms with Crippen molar-refractivity contribution in [3.05, 3.63) is 0 Å². The minimum atomic E-state index is -0.832. The number of nitrogens with one attached hydrogen (secondary N) is 1. The maximum atomic E-state index is 12.0. The van der Waals surface area contributed by atoms with Gasteiger partial charge in [0, 0.05) is 19.6 Å². The van der Waals surface area contributed by atoms with Gasteiger partial charge in [0.25, 0.3) is 0 Å². The van der Waals surface area contributed by atoms with E-state index in [1.54, 1.807) is 0 Å². The topological polar surface area (TPSA) is 75.6 Å². The summed E-state index contributed by atoms with van der Waals surface area (Å²) in [6.45, 7) is 1.47. The molecule has 0 aromatic heterocycles. The van der Waals surface area contributed by atoms with Gasteiger partial charge in [0.1, 0.15) is 0 Å². The fourth-order valence-corrected chi connectivity index (χ4v) is 2.80. The quantitative estimate of drug-likeness (QED) is 0.776. The number of rotatable bonds is 5. The van der Waals surface area contributed by atoms with Crippen LogP contribution in [0.1, 0.15) is 44.9 Å². The summed E-state index contributed by atoms with van der Waals surface area (Å²) >= 11 is 0. The highest BCUT2D eigenvalue weighted by Gasteiger charge is 2.40. The fraction of sp³-hybridized carbons (Fsp3) is 0.846. The minimum absolute atomic E-state index is 0.00264. The van der Waals surface area contributed by atoms with Crippen LogP contribution in [0.15, 0.2) is 0 Å². The number of carbonyl (C=O) groups excluding carboxylic acids is 1. The third-order valence-corrected chi connectivity index (χ3v) is 4.02. The van der Waals surface area contributed by atoms with Crippen molar-refractivity contribution in [2.24, 2.45) is 5.92 Å². The summed E-state index contributed by atoms with van der Waals surface area (Å²) in [4.78, 5) is 22.8. The molecule has 1 heterocycles. The van der Waals surface area contributed by atoms with Crippen molar-refractivity contribution in [2.45, 2.75) is 50.5 Å². The average molecular weight is 255 g/mol. The van der Waals surface area contributed by atoms with Gasteiger partial charge in [-0.05, 0) is 38.0 Å². The van der Waals surface area contributed by atoms with Crippen molar-refractivity contribution in [2.75, 3.05) is 13.2 Å². The fourth-order valence-electron chi connectivity index (χ4n) is 2.80. The van der Waals surface area contributed by atoms with E-state index in [1.807, 2.05) is 0 Å². The molecule has 1 saturated heterocycles. The predicted molar refractivity (Wildman–Crippen MR) is 65.1 cm³/mol. The van der Waals surface area contributed by atoms with Crippen LogP contribution in [0.25, 0.3) is 0 Å². The Morgan fingerprint density at radius 1 is 1.28 bits per heavy atom. The molecule has 0 spiro atoms. The molecular weight excluding hydrogens is 234 g/mol. The summed E-state index contributed by atoms with van der Waals surface area (Å²) in [7, 11) is 0. The summed E-state index contributed by atoms with van der Waals surface area (Å²) in [5.74, 6) is -0.440. The van der Waals surface area contributed by atoms with Gasteiger partial charge in [-0.15, -0.1) is 0 Å². The molecule has 0 unspecified atom stereocenters. The third kappa shape index (κ3) is 3.45. The molecule has 0 aromatic rings. The summed E-state index contributed by atoms with van der Waals surface area (Å²) in [5.41, 5.74) is -0.464. The van der Waals surface area contributed by atoms with Gasteiger partial charge < -0.3 is 15.2 Å². The molecule has 1 amide bonds. The van der Waals surface area contributed by atoms with Crippen molar-refractivity contribution in [1.29, 1.82) is 0 Å². The molecule has 0 atom stereocenters. The lowest BCUT2D eigenvalue weighted by Crippen LogP contribution is -2.55. The van der Waals surface area contributed by atoms with Crippen molar-refractivity contribution in [3.63, 3.8) is 0 Å². The molecule has 1 aliphatic heterocycles. The number of hydrogen-bond acceptors (Lipinski definition) is 3. The highest BCUT2D eigenvalue weighted by Crippen LogP contribution is 2.35. The lowest BCUT2D eigenvalue weighted by Gasteiger charge is -2.41. The molecule has 0 bridgehead atoms. The Labute approximate surface area is 107 Å². The maximum absolute atomic E-state index is 12.0. The number of carboxylic acids is 1. The first kappa shape index (κ1) is 13.3. The number of amides is 1. The molecule has 0 aromatic carbocycles. The van der Waals surface area contributed by atoms with Gasteiger partial charge >= 0.3 is 5.97 Å². The Morgan fingerprint density at radius 3 is 2.44 bits per heavy atom. The monoisotopic (exact) mass is 255 g/mol. The van der Waals surface area contributed by atoms with Crippen LogP contribution in [-0.4, -0.2) is 35.7 Å². The van der Waals surface area contributed by atoms with E-state index in [1.165, 1.54) is 0 Å². The van der Waals surface area contributed by atoms with E-state index < -0.39 is 11.5 Å². The Bertz CT molecular complexity index is 319. The maximum Gasteiger partial charge on any atom is 0.305 e. The Hall–Kier alpha value is -1.10.